The number of carboxylic acids is 1. The van der Waals surface area contributed by atoms with Gasteiger partial charge in [0.1, 0.15) is 0 Å². The SMILES string of the molecule is CC1(C)CCc2sc(-c3ccccc3NC(=O)NN)c(C(=O)O)c2C1. The largest absolute Gasteiger partial charge is 0.478 e. The lowest BCUT2D eigenvalue weighted by Gasteiger charge is -2.29. The summed E-state index contributed by atoms with van der Waals surface area (Å²) in [4.78, 5) is 25.4. The van der Waals surface area contributed by atoms with Gasteiger partial charge in [0, 0.05) is 10.4 Å². The maximum Gasteiger partial charge on any atom is 0.337 e. The topological polar surface area (TPSA) is 104 Å². The second-order valence-electron chi connectivity index (χ2n) is 7.00. The number of rotatable bonds is 3. The van der Waals surface area contributed by atoms with Gasteiger partial charge in [-0.2, -0.15) is 0 Å². The van der Waals surface area contributed by atoms with Crippen LogP contribution in [0.15, 0.2) is 24.3 Å². The average molecular weight is 359 g/mol. The van der Waals surface area contributed by atoms with Crippen LogP contribution in [0.2, 0.25) is 0 Å². The zero-order valence-electron chi connectivity index (χ0n) is 14.2. The molecule has 0 radical (unpaired) electrons. The number of thiophene rings is 1. The third-order valence-corrected chi connectivity index (χ3v) is 5.86. The van der Waals surface area contributed by atoms with Crippen LogP contribution in [-0.2, 0) is 12.8 Å². The highest BCUT2D eigenvalue weighted by atomic mass is 32.1. The molecule has 0 bridgehead atoms. The van der Waals surface area contributed by atoms with Crippen molar-refractivity contribution in [2.75, 3.05) is 5.32 Å². The number of para-hydroxylation sites is 1. The van der Waals surface area contributed by atoms with Gasteiger partial charge in [-0.05, 0) is 36.3 Å². The number of hydrazine groups is 1. The zero-order chi connectivity index (χ0) is 18.2. The summed E-state index contributed by atoms with van der Waals surface area (Å²) in [6.07, 6.45) is 2.67. The van der Waals surface area contributed by atoms with Crippen LogP contribution in [0.4, 0.5) is 10.5 Å². The maximum absolute atomic E-state index is 12.0. The Labute approximate surface area is 150 Å². The number of nitrogens with one attached hydrogen (secondary N) is 2. The van der Waals surface area contributed by atoms with Crippen molar-refractivity contribution in [3.05, 3.63) is 40.3 Å². The van der Waals surface area contributed by atoms with Crippen LogP contribution in [0.25, 0.3) is 10.4 Å². The number of hydrogen-bond donors (Lipinski definition) is 4. The molecule has 0 spiro atoms. The third kappa shape index (κ3) is 3.38. The molecule has 25 heavy (non-hydrogen) atoms. The summed E-state index contributed by atoms with van der Waals surface area (Å²) in [6, 6.07) is 6.62. The number of carboxylic acid groups (broad SMARTS) is 1. The van der Waals surface area contributed by atoms with E-state index >= 15 is 0 Å². The van der Waals surface area contributed by atoms with Crippen molar-refractivity contribution in [2.24, 2.45) is 11.3 Å². The highest BCUT2D eigenvalue weighted by Gasteiger charge is 2.33. The molecule has 6 nitrogen and oxygen atoms in total. The van der Waals surface area contributed by atoms with Crippen LogP contribution in [0.1, 0.15) is 41.1 Å². The lowest BCUT2D eigenvalue weighted by molar-refractivity contribution is 0.0696. The number of carbonyl (C=O) groups is 2. The van der Waals surface area contributed by atoms with Crippen LogP contribution in [0.5, 0.6) is 0 Å². The third-order valence-electron chi connectivity index (χ3n) is 4.54. The number of fused-ring (bicyclic) bond motifs is 1. The van der Waals surface area contributed by atoms with Crippen molar-refractivity contribution >= 4 is 29.0 Å². The Morgan fingerprint density at radius 2 is 2.00 bits per heavy atom. The van der Waals surface area contributed by atoms with E-state index in [-0.39, 0.29) is 5.41 Å². The predicted octanol–water partition coefficient (Wildman–Crippen LogP) is 3.62. The van der Waals surface area contributed by atoms with Crippen LogP contribution in [0.3, 0.4) is 0 Å². The van der Waals surface area contributed by atoms with Crippen LogP contribution in [-0.4, -0.2) is 17.1 Å². The number of amides is 2. The summed E-state index contributed by atoms with van der Waals surface area (Å²) in [5.41, 5.74) is 4.63. The Kier molecular flexibility index (Phi) is 4.53. The van der Waals surface area contributed by atoms with Crippen LogP contribution < -0.4 is 16.6 Å². The molecule has 3 rings (SSSR count). The number of hydrogen-bond acceptors (Lipinski definition) is 4. The molecule has 0 aliphatic heterocycles. The first kappa shape index (κ1) is 17.4. The number of anilines is 1. The lowest BCUT2D eigenvalue weighted by Crippen LogP contribution is -2.34. The predicted molar refractivity (Wildman–Crippen MR) is 98.9 cm³/mol. The molecule has 1 heterocycles. The number of nitrogens with two attached hydrogens (primary N) is 1. The van der Waals surface area contributed by atoms with Gasteiger partial charge < -0.3 is 10.4 Å². The fourth-order valence-corrected chi connectivity index (χ4v) is 4.63. The first-order valence-electron chi connectivity index (χ1n) is 8.07. The Morgan fingerprint density at radius 3 is 2.68 bits per heavy atom. The molecule has 0 unspecified atom stereocenters. The van der Waals surface area contributed by atoms with Gasteiger partial charge in [-0.1, -0.05) is 32.0 Å². The summed E-state index contributed by atoms with van der Waals surface area (Å²) in [6.45, 7) is 4.33. The van der Waals surface area contributed by atoms with E-state index in [9.17, 15) is 14.7 Å². The van der Waals surface area contributed by atoms with Gasteiger partial charge in [-0.15, -0.1) is 11.3 Å². The monoisotopic (exact) mass is 359 g/mol. The number of aromatic carboxylic acids is 1. The molecule has 0 saturated heterocycles. The number of urea groups is 1. The maximum atomic E-state index is 12.0. The Hall–Kier alpha value is -2.38. The molecular weight excluding hydrogens is 338 g/mol. The minimum atomic E-state index is -0.928. The van der Waals surface area contributed by atoms with Crippen molar-refractivity contribution in [2.45, 2.75) is 33.1 Å². The first-order chi connectivity index (χ1) is 11.8. The second kappa shape index (κ2) is 6.50. The van der Waals surface area contributed by atoms with Gasteiger partial charge >= 0.3 is 12.0 Å². The number of benzene rings is 1. The number of carbonyl (C=O) groups excluding carboxylic acids is 1. The van der Waals surface area contributed by atoms with E-state index < -0.39 is 12.0 Å². The van der Waals surface area contributed by atoms with E-state index in [1.807, 2.05) is 17.6 Å². The molecule has 5 N–H and O–H groups in total. The summed E-state index contributed by atoms with van der Waals surface area (Å²) in [5, 5.41) is 12.5. The standard InChI is InChI=1S/C18H21N3O3S/c1-18(2)8-7-13-11(9-18)14(16(22)23)15(25-13)10-5-3-4-6-12(10)20-17(24)21-19/h3-6H,7-9,19H2,1-2H3,(H,22,23)(H2,20,21,24). The van der Waals surface area contributed by atoms with Gasteiger partial charge in [0.2, 0.25) is 0 Å². The first-order valence-corrected chi connectivity index (χ1v) is 8.89. The average Bonchev–Trinajstić information content (AvgIpc) is 2.92. The van der Waals surface area contributed by atoms with Crippen molar-refractivity contribution in [1.29, 1.82) is 0 Å². The van der Waals surface area contributed by atoms with E-state index in [0.29, 0.717) is 21.7 Å². The van der Waals surface area contributed by atoms with E-state index in [1.54, 1.807) is 12.1 Å². The van der Waals surface area contributed by atoms with Crippen LogP contribution >= 0.6 is 11.3 Å². The molecule has 7 heteroatoms. The molecule has 1 aliphatic rings. The lowest BCUT2D eigenvalue weighted by atomic mass is 9.76. The van der Waals surface area contributed by atoms with Gasteiger partial charge in [-0.3, -0.25) is 5.43 Å². The smallest absolute Gasteiger partial charge is 0.337 e. The zero-order valence-corrected chi connectivity index (χ0v) is 15.0. The summed E-state index contributed by atoms with van der Waals surface area (Å²) < 4.78 is 0. The molecule has 0 fully saturated rings. The molecular formula is C18H21N3O3S. The quantitative estimate of drug-likeness (QED) is 0.382. The van der Waals surface area contributed by atoms with E-state index in [0.717, 1.165) is 29.7 Å². The van der Waals surface area contributed by atoms with Crippen molar-refractivity contribution in [1.82, 2.24) is 5.43 Å². The van der Waals surface area contributed by atoms with Gasteiger partial charge in [-0.25, -0.2) is 15.4 Å². The van der Waals surface area contributed by atoms with E-state index in [4.69, 9.17) is 5.84 Å². The second-order valence-corrected chi connectivity index (χ2v) is 8.10. The molecule has 0 atom stereocenters. The minimum Gasteiger partial charge on any atom is -0.478 e. The normalized spacial score (nSPS) is 15.3. The number of aryl methyl sites for hydroxylation is 1. The van der Waals surface area contributed by atoms with Gasteiger partial charge in [0.25, 0.3) is 0 Å². The summed E-state index contributed by atoms with van der Waals surface area (Å²) >= 11 is 1.51. The molecule has 1 aromatic heterocycles. The molecule has 2 aromatic rings. The molecule has 132 valence electrons. The highest BCUT2D eigenvalue weighted by Crippen LogP contribution is 2.46. The minimum absolute atomic E-state index is 0.0900. The van der Waals surface area contributed by atoms with E-state index in [1.165, 1.54) is 11.3 Å². The summed E-state index contributed by atoms with van der Waals surface area (Å²) in [5.74, 6) is 4.22. The Morgan fingerprint density at radius 1 is 1.28 bits per heavy atom. The summed E-state index contributed by atoms with van der Waals surface area (Å²) in [7, 11) is 0. The molecule has 0 saturated carbocycles. The van der Waals surface area contributed by atoms with Gasteiger partial charge in [0.15, 0.2) is 0 Å². The van der Waals surface area contributed by atoms with Crippen molar-refractivity contribution in [3.8, 4) is 10.4 Å². The van der Waals surface area contributed by atoms with Crippen molar-refractivity contribution in [3.63, 3.8) is 0 Å². The van der Waals surface area contributed by atoms with Crippen LogP contribution in [0, 0.1) is 5.41 Å². The fourth-order valence-electron chi connectivity index (χ4n) is 3.28. The molecule has 1 aromatic carbocycles. The highest BCUT2D eigenvalue weighted by molar-refractivity contribution is 7.16. The Balaban J connectivity index is 2.15. The molecule has 2 amide bonds. The van der Waals surface area contributed by atoms with E-state index in [2.05, 4.69) is 19.2 Å². The fraction of sp³-hybridized carbons (Fsp3) is 0.333. The van der Waals surface area contributed by atoms with Gasteiger partial charge in [0.05, 0.1) is 16.1 Å². The molecule has 1 aliphatic carbocycles. The van der Waals surface area contributed by atoms with Crippen molar-refractivity contribution < 1.29 is 14.7 Å². The Bertz CT molecular complexity index is 842.